The Hall–Kier alpha value is -3.32. The molecule has 1 aliphatic rings. The zero-order valence-corrected chi connectivity index (χ0v) is 18.8. The predicted molar refractivity (Wildman–Crippen MR) is 120 cm³/mol. The third kappa shape index (κ3) is 4.62. The van der Waals surface area contributed by atoms with E-state index in [0.29, 0.717) is 34.9 Å². The van der Waals surface area contributed by atoms with Crippen LogP contribution in [0.5, 0.6) is 11.5 Å². The normalized spacial score (nSPS) is 17.5. The monoisotopic (exact) mass is 457 g/mol. The highest BCUT2D eigenvalue weighted by Crippen LogP contribution is 2.41. The Morgan fingerprint density at radius 3 is 2.59 bits per heavy atom. The van der Waals surface area contributed by atoms with Gasteiger partial charge in [-0.15, -0.1) is 0 Å². The zero-order valence-electron chi connectivity index (χ0n) is 18.1. The maximum atomic E-state index is 13.0. The standard InChI is InChI=1S/C24H24ClNO6/c1-4-5-11-26-21(15-7-6-8-17(12-15)32-14(2)27)20(23(29)24(26)30)22(28)16-9-10-18(25)19(13-16)31-3/h6-10,12-13,21,28H,4-5,11H2,1-3H3/b22-20-. The molecule has 0 spiro atoms. The number of ketones is 1. The smallest absolute Gasteiger partial charge is 0.308 e. The number of methoxy groups -OCH3 is 1. The fourth-order valence-electron chi connectivity index (χ4n) is 3.66. The van der Waals surface area contributed by atoms with Crippen LogP contribution in [-0.4, -0.2) is 41.3 Å². The molecule has 1 aliphatic heterocycles. The molecule has 8 heteroatoms. The van der Waals surface area contributed by atoms with E-state index in [2.05, 4.69) is 0 Å². The molecule has 0 bridgehead atoms. The van der Waals surface area contributed by atoms with Crippen molar-refractivity contribution in [2.24, 2.45) is 0 Å². The van der Waals surface area contributed by atoms with Gasteiger partial charge in [-0.3, -0.25) is 14.4 Å². The zero-order chi connectivity index (χ0) is 23.4. The predicted octanol–water partition coefficient (Wildman–Crippen LogP) is 4.50. The van der Waals surface area contributed by atoms with Crippen LogP contribution < -0.4 is 9.47 Å². The molecule has 1 N–H and O–H groups in total. The number of ether oxygens (including phenoxy) is 2. The van der Waals surface area contributed by atoms with Crippen LogP contribution in [0.2, 0.25) is 5.02 Å². The number of hydrogen-bond acceptors (Lipinski definition) is 6. The minimum Gasteiger partial charge on any atom is -0.507 e. The highest BCUT2D eigenvalue weighted by molar-refractivity contribution is 6.46. The Morgan fingerprint density at radius 1 is 1.19 bits per heavy atom. The number of halogens is 1. The number of benzene rings is 2. The summed E-state index contributed by atoms with van der Waals surface area (Å²) in [6, 6.07) is 10.3. The number of aliphatic hydroxyl groups excluding tert-OH is 1. The lowest BCUT2D eigenvalue weighted by Gasteiger charge is -2.25. The molecule has 0 aliphatic carbocycles. The van der Waals surface area contributed by atoms with E-state index in [1.807, 2.05) is 6.92 Å². The minimum atomic E-state index is -0.835. The average Bonchev–Trinajstić information content (AvgIpc) is 3.02. The first kappa shape index (κ1) is 23.3. The number of likely N-dealkylation sites (tertiary alicyclic amines) is 1. The molecular formula is C24H24ClNO6. The largest absolute Gasteiger partial charge is 0.507 e. The van der Waals surface area contributed by atoms with Gasteiger partial charge in [-0.05, 0) is 42.3 Å². The summed E-state index contributed by atoms with van der Waals surface area (Å²) in [4.78, 5) is 38.7. The van der Waals surface area contributed by atoms with Crippen molar-refractivity contribution in [2.45, 2.75) is 32.7 Å². The maximum absolute atomic E-state index is 13.0. The summed E-state index contributed by atoms with van der Waals surface area (Å²) in [5.41, 5.74) is 0.790. The molecule has 1 amide bonds. The number of esters is 1. The van der Waals surface area contributed by atoms with Gasteiger partial charge in [-0.2, -0.15) is 0 Å². The van der Waals surface area contributed by atoms with Crippen LogP contribution >= 0.6 is 11.6 Å². The third-order valence-electron chi connectivity index (χ3n) is 5.15. The van der Waals surface area contributed by atoms with Gasteiger partial charge in [-0.1, -0.05) is 37.1 Å². The molecule has 1 fully saturated rings. The van der Waals surface area contributed by atoms with Crippen LogP contribution in [0.4, 0.5) is 0 Å². The van der Waals surface area contributed by atoms with E-state index in [4.69, 9.17) is 21.1 Å². The number of aliphatic hydroxyl groups is 1. The van der Waals surface area contributed by atoms with Crippen molar-refractivity contribution in [3.8, 4) is 11.5 Å². The van der Waals surface area contributed by atoms with Gasteiger partial charge in [0.1, 0.15) is 17.3 Å². The summed E-state index contributed by atoms with van der Waals surface area (Å²) in [6.07, 6.45) is 1.50. The van der Waals surface area contributed by atoms with Crippen LogP contribution in [0.3, 0.4) is 0 Å². The quantitative estimate of drug-likeness (QED) is 0.216. The van der Waals surface area contributed by atoms with Crippen LogP contribution in [0.25, 0.3) is 5.76 Å². The molecule has 0 saturated carbocycles. The van der Waals surface area contributed by atoms with Crippen LogP contribution in [-0.2, 0) is 14.4 Å². The number of amides is 1. The van der Waals surface area contributed by atoms with Crippen LogP contribution in [0, 0.1) is 0 Å². The van der Waals surface area contributed by atoms with E-state index in [1.54, 1.807) is 36.4 Å². The lowest BCUT2D eigenvalue weighted by Crippen LogP contribution is -2.30. The second kappa shape index (κ2) is 9.87. The second-order valence-corrected chi connectivity index (χ2v) is 7.77. The van der Waals surface area contributed by atoms with Crippen molar-refractivity contribution < 1.29 is 29.0 Å². The molecule has 2 aromatic carbocycles. The van der Waals surface area contributed by atoms with Crippen LogP contribution in [0.1, 0.15) is 43.9 Å². The summed E-state index contributed by atoms with van der Waals surface area (Å²) in [7, 11) is 1.44. The highest BCUT2D eigenvalue weighted by atomic mass is 35.5. The maximum Gasteiger partial charge on any atom is 0.308 e. The van der Waals surface area contributed by atoms with Gasteiger partial charge in [0.2, 0.25) is 0 Å². The average molecular weight is 458 g/mol. The van der Waals surface area contributed by atoms with E-state index in [-0.39, 0.29) is 17.1 Å². The number of nitrogens with zero attached hydrogens (tertiary/aromatic N) is 1. The van der Waals surface area contributed by atoms with Gasteiger partial charge in [0.15, 0.2) is 0 Å². The highest BCUT2D eigenvalue weighted by Gasteiger charge is 2.45. The first-order chi connectivity index (χ1) is 15.3. The van der Waals surface area contributed by atoms with E-state index < -0.39 is 23.7 Å². The SMILES string of the molecule is CCCCN1C(=O)C(=O)/C(=C(\O)c2ccc(Cl)c(OC)c2)C1c1cccc(OC(C)=O)c1. The Labute approximate surface area is 191 Å². The number of hydrogen-bond donors (Lipinski definition) is 1. The van der Waals surface area contributed by atoms with Crippen molar-refractivity contribution in [1.82, 2.24) is 4.90 Å². The van der Waals surface area contributed by atoms with Gasteiger partial charge in [-0.25, -0.2) is 0 Å². The molecule has 0 radical (unpaired) electrons. The van der Waals surface area contributed by atoms with Crippen molar-refractivity contribution >= 4 is 35.0 Å². The molecule has 7 nitrogen and oxygen atoms in total. The number of rotatable bonds is 7. The van der Waals surface area contributed by atoms with Gasteiger partial charge in [0.05, 0.1) is 23.7 Å². The molecule has 2 aromatic rings. The number of carbonyl (C=O) groups is 3. The van der Waals surface area contributed by atoms with E-state index in [0.717, 1.165) is 6.42 Å². The van der Waals surface area contributed by atoms with Crippen molar-refractivity contribution in [3.05, 3.63) is 64.2 Å². The van der Waals surface area contributed by atoms with Gasteiger partial charge in [0, 0.05) is 19.0 Å². The van der Waals surface area contributed by atoms with E-state index in [9.17, 15) is 19.5 Å². The van der Waals surface area contributed by atoms with Gasteiger partial charge >= 0.3 is 5.97 Å². The van der Waals surface area contributed by atoms with Gasteiger partial charge in [0.25, 0.3) is 11.7 Å². The molecule has 168 valence electrons. The second-order valence-electron chi connectivity index (χ2n) is 7.36. The molecular weight excluding hydrogens is 434 g/mol. The van der Waals surface area contributed by atoms with E-state index >= 15 is 0 Å². The minimum absolute atomic E-state index is 0.0459. The lowest BCUT2D eigenvalue weighted by atomic mass is 9.95. The van der Waals surface area contributed by atoms with Crippen molar-refractivity contribution in [3.63, 3.8) is 0 Å². The molecule has 1 saturated heterocycles. The van der Waals surface area contributed by atoms with Gasteiger partial charge < -0.3 is 19.5 Å². The number of unbranched alkanes of at least 4 members (excludes halogenated alkanes) is 1. The molecule has 1 atom stereocenters. The summed E-state index contributed by atoms with van der Waals surface area (Å²) in [5.74, 6) is -1.69. The summed E-state index contributed by atoms with van der Waals surface area (Å²) in [5, 5.41) is 11.5. The summed E-state index contributed by atoms with van der Waals surface area (Å²) < 4.78 is 10.4. The Bertz CT molecular complexity index is 1090. The molecule has 3 rings (SSSR count). The topological polar surface area (TPSA) is 93.1 Å². The molecule has 1 heterocycles. The van der Waals surface area contributed by atoms with Crippen molar-refractivity contribution in [1.29, 1.82) is 0 Å². The fourth-order valence-corrected chi connectivity index (χ4v) is 3.86. The first-order valence-corrected chi connectivity index (χ1v) is 10.6. The Kier molecular flexibility index (Phi) is 7.20. The summed E-state index contributed by atoms with van der Waals surface area (Å²) >= 11 is 6.08. The third-order valence-corrected chi connectivity index (χ3v) is 5.46. The van der Waals surface area contributed by atoms with Crippen LogP contribution in [0.15, 0.2) is 48.0 Å². The van der Waals surface area contributed by atoms with Crippen molar-refractivity contribution in [2.75, 3.05) is 13.7 Å². The summed E-state index contributed by atoms with van der Waals surface area (Å²) in [6.45, 7) is 3.60. The molecule has 0 aromatic heterocycles. The number of Topliss-reactive ketones (excluding diaryl/α,β-unsaturated/α-hetero) is 1. The van der Waals surface area contributed by atoms with E-state index in [1.165, 1.54) is 25.0 Å². The Balaban J connectivity index is 2.18. The Morgan fingerprint density at radius 2 is 1.94 bits per heavy atom. The fraction of sp³-hybridized carbons (Fsp3) is 0.292. The molecule has 32 heavy (non-hydrogen) atoms. The first-order valence-electron chi connectivity index (χ1n) is 10.2. The molecule has 1 unspecified atom stereocenters. The number of carbonyl (C=O) groups excluding carboxylic acids is 3. The lowest BCUT2D eigenvalue weighted by molar-refractivity contribution is -0.139.